The fourth-order valence-electron chi connectivity index (χ4n) is 1.78. The van der Waals surface area contributed by atoms with E-state index in [2.05, 4.69) is 5.32 Å². The van der Waals surface area contributed by atoms with Gasteiger partial charge in [0, 0.05) is 6.07 Å². The Labute approximate surface area is 117 Å². The molecular formula is C15H17NO4. The number of amides is 1. The number of aryl methyl sites for hydroxylation is 2. The Morgan fingerprint density at radius 2 is 1.90 bits per heavy atom. The molecule has 1 aromatic carbocycles. The average Bonchev–Trinajstić information content (AvgIpc) is 2.78. The van der Waals surface area contributed by atoms with Crippen molar-refractivity contribution < 1.29 is 18.7 Å². The highest BCUT2D eigenvalue weighted by Crippen LogP contribution is 2.29. The van der Waals surface area contributed by atoms with Crippen molar-refractivity contribution in [3.8, 4) is 11.5 Å². The number of carbonyl (C=O) groups is 1. The lowest BCUT2D eigenvalue weighted by Crippen LogP contribution is -2.11. The number of nitrogens with one attached hydrogen (secondary N) is 1. The van der Waals surface area contributed by atoms with Gasteiger partial charge in [0.15, 0.2) is 5.76 Å². The lowest BCUT2D eigenvalue weighted by atomic mass is 10.2. The van der Waals surface area contributed by atoms with Gasteiger partial charge in [-0.2, -0.15) is 0 Å². The highest BCUT2D eigenvalue weighted by molar-refractivity contribution is 6.03. The third kappa shape index (κ3) is 2.77. The summed E-state index contributed by atoms with van der Waals surface area (Å²) in [6.07, 6.45) is 0. The molecule has 0 aliphatic heterocycles. The van der Waals surface area contributed by atoms with E-state index in [1.165, 1.54) is 0 Å². The molecule has 0 saturated carbocycles. The van der Waals surface area contributed by atoms with Crippen LogP contribution in [0.5, 0.6) is 11.5 Å². The second-order valence-corrected chi connectivity index (χ2v) is 4.37. The van der Waals surface area contributed by atoms with Crippen molar-refractivity contribution >= 4 is 11.6 Å². The lowest BCUT2D eigenvalue weighted by Gasteiger charge is -2.10. The van der Waals surface area contributed by atoms with Crippen LogP contribution in [-0.2, 0) is 0 Å². The van der Waals surface area contributed by atoms with Gasteiger partial charge in [0.05, 0.1) is 19.9 Å². The van der Waals surface area contributed by atoms with Gasteiger partial charge in [0.2, 0.25) is 0 Å². The monoisotopic (exact) mass is 275 g/mol. The summed E-state index contributed by atoms with van der Waals surface area (Å²) in [5, 5.41) is 2.76. The Morgan fingerprint density at radius 1 is 1.15 bits per heavy atom. The molecule has 1 heterocycles. The third-order valence-corrected chi connectivity index (χ3v) is 3.04. The molecule has 1 aromatic heterocycles. The first kappa shape index (κ1) is 14.0. The third-order valence-electron chi connectivity index (χ3n) is 3.04. The van der Waals surface area contributed by atoms with E-state index in [-0.39, 0.29) is 11.7 Å². The van der Waals surface area contributed by atoms with Crippen molar-refractivity contribution in [3.05, 3.63) is 41.3 Å². The first-order chi connectivity index (χ1) is 9.55. The van der Waals surface area contributed by atoms with Gasteiger partial charge in [-0.25, -0.2) is 0 Å². The summed E-state index contributed by atoms with van der Waals surface area (Å²) in [7, 11) is 3.10. The van der Waals surface area contributed by atoms with E-state index >= 15 is 0 Å². The summed E-state index contributed by atoms with van der Waals surface area (Å²) in [6, 6.07) is 6.89. The highest BCUT2D eigenvalue weighted by atomic mass is 16.5. The number of rotatable bonds is 4. The van der Waals surface area contributed by atoms with E-state index < -0.39 is 0 Å². The second kappa shape index (κ2) is 5.69. The lowest BCUT2D eigenvalue weighted by molar-refractivity contribution is 0.0995. The van der Waals surface area contributed by atoms with Crippen LogP contribution in [-0.4, -0.2) is 20.1 Å². The van der Waals surface area contributed by atoms with Gasteiger partial charge in [-0.3, -0.25) is 4.79 Å². The van der Waals surface area contributed by atoms with Gasteiger partial charge in [-0.05, 0) is 37.6 Å². The summed E-state index contributed by atoms with van der Waals surface area (Å²) in [5.41, 5.74) is 1.47. The van der Waals surface area contributed by atoms with Gasteiger partial charge in [0.25, 0.3) is 5.91 Å². The van der Waals surface area contributed by atoms with E-state index in [4.69, 9.17) is 13.9 Å². The molecule has 0 atom stereocenters. The molecule has 0 bridgehead atoms. The molecule has 5 heteroatoms. The van der Waals surface area contributed by atoms with Crippen LogP contribution in [0.15, 0.2) is 28.7 Å². The van der Waals surface area contributed by atoms with Crippen molar-refractivity contribution in [1.82, 2.24) is 0 Å². The molecule has 5 nitrogen and oxygen atoms in total. The van der Waals surface area contributed by atoms with Crippen LogP contribution in [0.2, 0.25) is 0 Å². The minimum atomic E-state index is -0.326. The van der Waals surface area contributed by atoms with Gasteiger partial charge in [0.1, 0.15) is 17.3 Å². The first-order valence-corrected chi connectivity index (χ1v) is 6.15. The van der Waals surface area contributed by atoms with E-state index in [9.17, 15) is 4.79 Å². The molecule has 2 aromatic rings. The Morgan fingerprint density at radius 3 is 2.45 bits per heavy atom. The van der Waals surface area contributed by atoms with Crippen LogP contribution in [0.3, 0.4) is 0 Å². The van der Waals surface area contributed by atoms with Crippen molar-refractivity contribution in [2.75, 3.05) is 19.5 Å². The summed E-state index contributed by atoms with van der Waals surface area (Å²) in [6.45, 7) is 3.71. The van der Waals surface area contributed by atoms with Crippen LogP contribution in [0.25, 0.3) is 0 Å². The number of methoxy groups -OCH3 is 2. The predicted molar refractivity (Wildman–Crippen MR) is 75.7 cm³/mol. The number of furan rings is 1. The molecule has 0 aliphatic rings. The summed E-state index contributed by atoms with van der Waals surface area (Å²) >= 11 is 0. The smallest absolute Gasteiger partial charge is 0.291 e. The zero-order valence-corrected chi connectivity index (χ0v) is 11.9. The highest BCUT2D eigenvalue weighted by Gasteiger charge is 2.15. The first-order valence-electron chi connectivity index (χ1n) is 6.15. The van der Waals surface area contributed by atoms with Gasteiger partial charge < -0.3 is 19.2 Å². The average molecular weight is 275 g/mol. The maximum atomic E-state index is 12.1. The molecule has 0 unspecified atom stereocenters. The number of ether oxygens (including phenoxy) is 2. The Bertz CT molecular complexity index is 611. The zero-order valence-electron chi connectivity index (χ0n) is 11.9. The quantitative estimate of drug-likeness (QED) is 0.931. The van der Waals surface area contributed by atoms with Crippen LogP contribution in [0.1, 0.15) is 21.9 Å². The maximum absolute atomic E-state index is 12.1. The molecule has 2 rings (SSSR count). The predicted octanol–water partition coefficient (Wildman–Crippen LogP) is 3.17. The van der Waals surface area contributed by atoms with Crippen molar-refractivity contribution in [1.29, 1.82) is 0 Å². The largest absolute Gasteiger partial charge is 0.497 e. The second-order valence-electron chi connectivity index (χ2n) is 4.37. The normalized spacial score (nSPS) is 10.2. The summed E-state index contributed by atoms with van der Waals surface area (Å²) < 4.78 is 15.7. The zero-order chi connectivity index (χ0) is 14.7. The molecule has 1 N–H and O–H groups in total. The summed E-state index contributed by atoms with van der Waals surface area (Å²) in [4.78, 5) is 12.1. The van der Waals surface area contributed by atoms with Crippen molar-refractivity contribution in [2.24, 2.45) is 0 Å². The van der Waals surface area contributed by atoms with Crippen LogP contribution in [0.4, 0.5) is 5.69 Å². The Kier molecular flexibility index (Phi) is 3.98. The Hall–Kier alpha value is -2.43. The molecule has 0 spiro atoms. The molecule has 20 heavy (non-hydrogen) atoms. The van der Waals surface area contributed by atoms with Crippen LogP contribution in [0, 0.1) is 13.8 Å². The maximum Gasteiger partial charge on any atom is 0.291 e. The number of carbonyl (C=O) groups excluding carboxylic acids is 1. The van der Waals surface area contributed by atoms with Crippen molar-refractivity contribution in [2.45, 2.75) is 13.8 Å². The fraction of sp³-hybridized carbons (Fsp3) is 0.267. The molecule has 0 radical (unpaired) electrons. The molecule has 0 aliphatic carbocycles. The standard InChI is InChI=1S/C15H17NO4/c1-9-7-14(20-10(9)2)15(17)16-12-8-11(18-3)5-6-13(12)19-4/h5-8H,1-4H3,(H,16,17). The van der Waals surface area contributed by atoms with Gasteiger partial charge in [-0.15, -0.1) is 0 Å². The number of anilines is 1. The SMILES string of the molecule is COc1ccc(OC)c(NC(=O)c2cc(C)c(C)o2)c1. The van der Waals surface area contributed by atoms with E-state index in [0.29, 0.717) is 17.2 Å². The number of benzene rings is 1. The minimum Gasteiger partial charge on any atom is -0.497 e. The minimum absolute atomic E-state index is 0.268. The molecule has 106 valence electrons. The van der Waals surface area contributed by atoms with E-state index in [0.717, 1.165) is 11.3 Å². The number of hydrogen-bond acceptors (Lipinski definition) is 4. The molecule has 0 fully saturated rings. The Balaban J connectivity index is 2.26. The van der Waals surface area contributed by atoms with Gasteiger partial charge in [-0.1, -0.05) is 0 Å². The molecule has 1 amide bonds. The fourth-order valence-corrected chi connectivity index (χ4v) is 1.78. The van der Waals surface area contributed by atoms with E-state index in [1.54, 1.807) is 38.5 Å². The number of hydrogen-bond donors (Lipinski definition) is 1. The van der Waals surface area contributed by atoms with Crippen LogP contribution >= 0.6 is 0 Å². The topological polar surface area (TPSA) is 60.7 Å². The van der Waals surface area contributed by atoms with Crippen molar-refractivity contribution in [3.63, 3.8) is 0 Å². The molecular weight excluding hydrogens is 258 g/mol. The van der Waals surface area contributed by atoms with E-state index in [1.807, 2.05) is 13.8 Å². The molecule has 0 saturated heterocycles. The van der Waals surface area contributed by atoms with Crippen LogP contribution < -0.4 is 14.8 Å². The van der Waals surface area contributed by atoms with Gasteiger partial charge >= 0.3 is 0 Å². The summed E-state index contributed by atoms with van der Waals surface area (Å²) in [5.74, 6) is 1.86.